The molecule has 1 unspecified atom stereocenters. The van der Waals surface area contributed by atoms with Crippen LogP contribution in [0.15, 0.2) is 24.3 Å². The number of nitrogens with two attached hydrogens (primary N) is 1. The molecule has 0 aromatic heterocycles. The average Bonchev–Trinajstić information content (AvgIpc) is 2.35. The molecule has 6 heteroatoms. The van der Waals surface area contributed by atoms with Crippen LogP contribution in [0.25, 0.3) is 0 Å². The molecule has 0 aliphatic rings. The lowest BCUT2D eigenvalue weighted by atomic mass is 9.82. The third-order valence-electron chi connectivity index (χ3n) is 3.38. The van der Waals surface area contributed by atoms with E-state index in [4.69, 9.17) is 14.6 Å². The van der Waals surface area contributed by atoms with Gasteiger partial charge >= 0.3 is 0 Å². The molecule has 0 amide bonds. The van der Waals surface area contributed by atoms with E-state index in [0.717, 1.165) is 11.3 Å². The number of hydrogen-bond donors (Lipinski definition) is 1. The Labute approximate surface area is 127 Å². The molecule has 0 aliphatic heterocycles. The van der Waals surface area contributed by atoms with Crippen molar-refractivity contribution in [1.82, 2.24) is 0 Å². The monoisotopic (exact) mass is 315 g/mol. The normalized spacial score (nSPS) is 14.0. The second-order valence-electron chi connectivity index (χ2n) is 6.26. The standard InChI is InChI=1S/C15H25NO4S/c1-15(2,3)13(11-21(16,17)18)10-20-9-12-6-5-7-14(8-12)19-4/h5-8,13H,9-11H2,1-4H3,(H2,16,17,18). The quantitative estimate of drug-likeness (QED) is 0.836. The second-order valence-corrected chi connectivity index (χ2v) is 7.92. The molecule has 5 nitrogen and oxygen atoms in total. The number of ether oxygens (including phenoxy) is 2. The molecule has 0 fully saturated rings. The Bertz CT molecular complexity index is 549. The van der Waals surface area contributed by atoms with Gasteiger partial charge in [-0.1, -0.05) is 32.9 Å². The van der Waals surface area contributed by atoms with Crippen LogP contribution in [0.4, 0.5) is 0 Å². The van der Waals surface area contributed by atoms with Gasteiger partial charge in [-0.05, 0) is 23.1 Å². The summed E-state index contributed by atoms with van der Waals surface area (Å²) in [5.74, 6) is 0.542. The Morgan fingerprint density at radius 3 is 2.48 bits per heavy atom. The maximum atomic E-state index is 11.3. The van der Waals surface area contributed by atoms with Crippen LogP contribution in [0.1, 0.15) is 26.3 Å². The SMILES string of the molecule is COc1cccc(COCC(CS(N)(=O)=O)C(C)(C)C)c1. The Balaban J connectivity index is 2.61. The van der Waals surface area contributed by atoms with Crippen molar-refractivity contribution in [1.29, 1.82) is 0 Å². The molecule has 0 bridgehead atoms. The molecule has 0 spiro atoms. The van der Waals surface area contributed by atoms with Crippen molar-refractivity contribution in [3.8, 4) is 5.75 Å². The summed E-state index contributed by atoms with van der Waals surface area (Å²) in [6, 6.07) is 7.59. The number of sulfonamides is 1. The number of methoxy groups -OCH3 is 1. The predicted octanol–water partition coefficient (Wildman–Crippen LogP) is 2.16. The van der Waals surface area contributed by atoms with Gasteiger partial charge < -0.3 is 9.47 Å². The van der Waals surface area contributed by atoms with E-state index in [1.807, 2.05) is 45.0 Å². The third-order valence-corrected chi connectivity index (χ3v) is 4.25. The molecule has 0 saturated carbocycles. The van der Waals surface area contributed by atoms with E-state index in [2.05, 4.69) is 0 Å². The molecule has 1 rings (SSSR count). The highest BCUT2D eigenvalue weighted by molar-refractivity contribution is 7.89. The van der Waals surface area contributed by atoms with Crippen LogP contribution in [-0.4, -0.2) is 27.9 Å². The minimum absolute atomic E-state index is 0.0748. The maximum Gasteiger partial charge on any atom is 0.209 e. The van der Waals surface area contributed by atoms with Gasteiger partial charge in [0.15, 0.2) is 0 Å². The van der Waals surface area contributed by atoms with Gasteiger partial charge in [0.25, 0.3) is 0 Å². The smallest absolute Gasteiger partial charge is 0.209 e. The maximum absolute atomic E-state index is 11.3. The Morgan fingerprint density at radius 1 is 1.29 bits per heavy atom. The van der Waals surface area contributed by atoms with Crippen molar-refractivity contribution in [3.63, 3.8) is 0 Å². The van der Waals surface area contributed by atoms with Crippen molar-refractivity contribution in [2.24, 2.45) is 16.5 Å². The van der Waals surface area contributed by atoms with Crippen LogP contribution >= 0.6 is 0 Å². The van der Waals surface area contributed by atoms with Crippen molar-refractivity contribution in [3.05, 3.63) is 29.8 Å². The van der Waals surface area contributed by atoms with Crippen LogP contribution in [0.3, 0.4) is 0 Å². The number of benzene rings is 1. The molecule has 1 aromatic rings. The van der Waals surface area contributed by atoms with Gasteiger partial charge in [-0.2, -0.15) is 0 Å². The summed E-state index contributed by atoms with van der Waals surface area (Å²) >= 11 is 0. The molecule has 0 heterocycles. The molecule has 0 radical (unpaired) electrons. The molecular formula is C15H25NO4S. The summed E-state index contributed by atoms with van der Waals surface area (Å²) in [4.78, 5) is 0. The van der Waals surface area contributed by atoms with Crippen molar-refractivity contribution in [2.75, 3.05) is 19.5 Å². The van der Waals surface area contributed by atoms with E-state index < -0.39 is 10.0 Å². The highest BCUT2D eigenvalue weighted by Gasteiger charge is 2.28. The summed E-state index contributed by atoms with van der Waals surface area (Å²) in [6.45, 7) is 6.71. The molecule has 0 aliphatic carbocycles. The van der Waals surface area contributed by atoms with Crippen LogP contribution in [0.5, 0.6) is 5.75 Å². The van der Waals surface area contributed by atoms with Crippen LogP contribution in [0.2, 0.25) is 0 Å². The second kappa shape index (κ2) is 7.24. The van der Waals surface area contributed by atoms with Gasteiger partial charge in [-0.25, -0.2) is 13.6 Å². The topological polar surface area (TPSA) is 78.6 Å². The molecule has 120 valence electrons. The zero-order chi connectivity index (χ0) is 16.1. The summed E-state index contributed by atoms with van der Waals surface area (Å²) < 4.78 is 33.5. The highest BCUT2D eigenvalue weighted by Crippen LogP contribution is 2.27. The van der Waals surface area contributed by atoms with Gasteiger partial charge in [0.05, 0.1) is 26.1 Å². The zero-order valence-electron chi connectivity index (χ0n) is 13.1. The van der Waals surface area contributed by atoms with E-state index in [0.29, 0.717) is 13.2 Å². The first-order valence-corrected chi connectivity index (χ1v) is 8.54. The fourth-order valence-electron chi connectivity index (χ4n) is 1.91. The minimum atomic E-state index is -3.51. The molecule has 1 aromatic carbocycles. The summed E-state index contributed by atoms with van der Waals surface area (Å²) in [5, 5.41) is 5.15. The number of hydrogen-bond acceptors (Lipinski definition) is 4. The fraction of sp³-hybridized carbons (Fsp3) is 0.600. The van der Waals surface area contributed by atoms with Gasteiger partial charge in [0.1, 0.15) is 5.75 Å². The van der Waals surface area contributed by atoms with Crippen LogP contribution < -0.4 is 9.88 Å². The highest BCUT2D eigenvalue weighted by atomic mass is 32.2. The van der Waals surface area contributed by atoms with Gasteiger partial charge in [0.2, 0.25) is 10.0 Å². The van der Waals surface area contributed by atoms with Gasteiger partial charge in [-0.15, -0.1) is 0 Å². The van der Waals surface area contributed by atoms with Crippen LogP contribution in [0, 0.1) is 11.3 Å². The molecule has 0 saturated heterocycles. The van der Waals surface area contributed by atoms with Gasteiger partial charge in [-0.3, -0.25) is 0 Å². The lowest BCUT2D eigenvalue weighted by molar-refractivity contribution is 0.0551. The van der Waals surface area contributed by atoms with E-state index in [-0.39, 0.29) is 17.1 Å². The summed E-state index contributed by atoms with van der Waals surface area (Å²) in [7, 11) is -1.90. The first-order chi connectivity index (χ1) is 9.62. The predicted molar refractivity (Wildman–Crippen MR) is 83.6 cm³/mol. The van der Waals surface area contributed by atoms with Crippen LogP contribution in [-0.2, 0) is 21.4 Å². The molecular weight excluding hydrogens is 290 g/mol. The Hall–Kier alpha value is -1.11. The Kier molecular flexibility index (Phi) is 6.19. The van der Waals surface area contributed by atoms with Crippen molar-refractivity contribution >= 4 is 10.0 Å². The number of primary sulfonamides is 1. The average molecular weight is 315 g/mol. The third kappa shape index (κ3) is 6.93. The molecule has 1 atom stereocenters. The van der Waals surface area contributed by atoms with Gasteiger partial charge in [0, 0.05) is 5.92 Å². The first-order valence-electron chi connectivity index (χ1n) is 6.83. The van der Waals surface area contributed by atoms with E-state index in [1.54, 1.807) is 7.11 Å². The largest absolute Gasteiger partial charge is 0.497 e. The first kappa shape index (κ1) is 17.9. The zero-order valence-corrected chi connectivity index (χ0v) is 13.9. The minimum Gasteiger partial charge on any atom is -0.497 e. The van der Waals surface area contributed by atoms with E-state index in [9.17, 15) is 8.42 Å². The molecule has 21 heavy (non-hydrogen) atoms. The van der Waals surface area contributed by atoms with E-state index >= 15 is 0 Å². The summed E-state index contributed by atoms with van der Waals surface area (Å²) in [5.41, 5.74) is 0.790. The summed E-state index contributed by atoms with van der Waals surface area (Å²) in [6.07, 6.45) is 0. The van der Waals surface area contributed by atoms with E-state index in [1.165, 1.54) is 0 Å². The number of rotatable bonds is 7. The Morgan fingerprint density at radius 2 is 1.95 bits per heavy atom. The fourth-order valence-corrected chi connectivity index (χ4v) is 3.07. The lowest BCUT2D eigenvalue weighted by Crippen LogP contribution is -2.34. The lowest BCUT2D eigenvalue weighted by Gasteiger charge is -2.29. The van der Waals surface area contributed by atoms with Crippen molar-refractivity contribution < 1.29 is 17.9 Å². The molecule has 2 N–H and O–H groups in total. The van der Waals surface area contributed by atoms with Crippen molar-refractivity contribution in [2.45, 2.75) is 27.4 Å².